The number of fused-ring (bicyclic) bond motifs is 2. The molecule has 0 aromatic carbocycles. The first-order valence-corrected chi connectivity index (χ1v) is 6.76. The zero-order valence-electron chi connectivity index (χ0n) is 9.45. The van der Waals surface area contributed by atoms with Crippen LogP contribution in [-0.2, 0) is 7.80 Å². The van der Waals surface area contributed by atoms with Crippen molar-refractivity contribution in [2.75, 3.05) is 0 Å². The molecule has 0 aromatic rings. The van der Waals surface area contributed by atoms with Crippen molar-refractivity contribution < 1.29 is 12.6 Å². The van der Waals surface area contributed by atoms with Gasteiger partial charge in [0.2, 0.25) is 0 Å². The highest BCUT2D eigenvalue weighted by Gasteiger charge is 2.30. The van der Waals surface area contributed by atoms with Crippen LogP contribution in [0.3, 0.4) is 0 Å². The number of rotatable bonds is 2. The number of hydrogen-bond donors (Lipinski definition) is 0. The average Bonchev–Trinajstić information content (AvgIpc) is 2.28. The molecular weight excluding hydrogens is 319 g/mol. The highest BCUT2D eigenvalue weighted by atomic mass is 127. The minimum absolute atomic E-state index is 0.0711. The minimum Gasteiger partial charge on any atom is -0.430 e. The first-order chi connectivity index (χ1) is 7.69. The summed E-state index contributed by atoms with van der Waals surface area (Å²) >= 11 is 1.55. The second-order valence-electron chi connectivity index (χ2n) is 4.84. The molecule has 16 heavy (non-hydrogen) atoms. The molecular formula is C12H17IO3. The van der Waals surface area contributed by atoms with Crippen molar-refractivity contribution in [1.82, 2.24) is 0 Å². The molecule has 0 aromatic heterocycles. The largest absolute Gasteiger partial charge is 0.518 e. The maximum absolute atomic E-state index is 11.0. The molecule has 90 valence electrons. The highest BCUT2D eigenvalue weighted by Crippen LogP contribution is 2.39. The number of allylic oxidation sites excluding steroid dienone is 1. The second-order valence-corrected chi connectivity index (χ2v) is 5.28. The van der Waals surface area contributed by atoms with Gasteiger partial charge in [0.15, 0.2) is 23.0 Å². The van der Waals surface area contributed by atoms with E-state index in [1.54, 1.807) is 28.6 Å². The van der Waals surface area contributed by atoms with Gasteiger partial charge in [0.1, 0.15) is 6.10 Å². The fraction of sp³-hybridized carbons (Fsp3) is 0.750. The summed E-state index contributed by atoms with van der Waals surface area (Å²) in [6.45, 7) is 1.95. The monoisotopic (exact) mass is 336 g/mol. The van der Waals surface area contributed by atoms with Crippen LogP contribution in [0.2, 0.25) is 0 Å². The van der Waals surface area contributed by atoms with Gasteiger partial charge in [-0.15, -0.1) is 0 Å². The van der Waals surface area contributed by atoms with Crippen molar-refractivity contribution >= 4 is 29.2 Å². The van der Waals surface area contributed by atoms with Gasteiger partial charge in [0.05, 0.1) is 0 Å². The van der Waals surface area contributed by atoms with Gasteiger partial charge in [-0.3, -0.25) is 0 Å². The molecule has 2 aliphatic carbocycles. The maximum atomic E-state index is 11.0. The molecule has 0 heterocycles. The van der Waals surface area contributed by atoms with E-state index >= 15 is 0 Å². The Balaban J connectivity index is 1.96. The van der Waals surface area contributed by atoms with Gasteiger partial charge in [-0.1, -0.05) is 11.6 Å². The summed E-state index contributed by atoms with van der Waals surface area (Å²) in [5.41, 5.74) is 1.56. The van der Waals surface area contributed by atoms with Crippen LogP contribution in [0, 0.1) is 11.8 Å². The number of carbonyl (C=O) groups is 1. The second kappa shape index (κ2) is 5.38. The Morgan fingerprint density at radius 2 is 2.44 bits per heavy atom. The Bertz CT molecular complexity index is 301. The Kier molecular flexibility index (Phi) is 4.10. The van der Waals surface area contributed by atoms with Crippen LogP contribution in [0.1, 0.15) is 39.0 Å². The third kappa shape index (κ3) is 2.90. The zero-order chi connectivity index (χ0) is 11.5. The summed E-state index contributed by atoms with van der Waals surface area (Å²) in [5, 5.41) is 0. The van der Waals surface area contributed by atoms with Gasteiger partial charge in [-0.05, 0) is 44.9 Å². The zero-order valence-corrected chi connectivity index (χ0v) is 11.6. The molecule has 0 amide bonds. The molecule has 1 saturated carbocycles. The molecule has 4 heteroatoms. The minimum atomic E-state index is -0.581. The van der Waals surface area contributed by atoms with Crippen molar-refractivity contribution in [2.24, 2.45) is 11.8 Å². The number of carbonyl (C=O) groups excluding carboxylic acids is 1. The smallest absolute Gasteiger partial charge is 0.430 e. The molecule has 3 atom stereocenters. The summed E-state index contributed by atoms with van der Waals surface area (Å²) in [6.07, 6.45) is 7.97. The van der Waals surface area contributed by atoms with Crippen molar-refractivity contribution in [2.45, 2.75) is 45.1 Å². The lowest BCUT2D eigenvalue weighted by molar-refractivity contribution is 0.0499. The van der Waals surface area contributed by atoms with Crippen LogP contribution < -0.4 is 0 Å². The molecule has 0 N–H and O–H groups in total. The van der Waals surface area contributed by atoms with E-state index in [0.29, 0.717) is 5.92 Å². The van der Waals surface area contributed by atoms with E-state index in [0.717, 1.165) is 12.3 Å². The lowest BCUT2D eigenvalue weighted by Gasteiger charge is -2.34. The first-order valence-electron chi connectivity index (χ1n) is 5.88. The van der Waals surface area contributed by atoms with E-state index in [4.69, 9.17) is 4.74 Å². The van der Waals surface area contributed by atoms with Gasteiger partial charge in [0, 0.05) is 5.92 Å². The average molecular weight is 336 g/mol. The third-order valence-corrected chi connectivity index (χ3v) is 4.02. The third-order valence-electron chi connectivity index (χ3n) is 3.66. The molecule has 0 saturated heterocycles. The van der Waals surface area contributed by atoms with Crippen LogP contribution in [0.4, 0.5) is 4.79 Å². The van der Waals surface area contributed by atoms with E-state index in [2.05, 4.69) is 9.14 Å². The lowest BCUT2D eigenvalue weighted by atomic mass is 9.73. The predicted octanol–water partition coefficient (Wildman–Crippen LogP) is 4.01. The lowest BCUT2D eigenvalue weighted by Crippen LogP contribution is -2.28. The summed E-state index contributed by atoms with van der Waals surface area (Å²) in [7, 11) is 0. The Hall–Kier alpha value is -0.260. The van der Waals surface area contributed by atoms with Crippen LogP contribution >= 0.6 is 23.0 Å². The quantitative estimate of drug-likeness (QED) is 0.434. The predicted molar refractivity (Wildman–Crippen MR) is 69.2 cm³/mol. The highest BCUT2D eigenvalue weighted by molar-refractivity contribution is 14.1. The van der Waals surface area contributed by atoms with Crippen LogP contribution in [-0.4, -0.2) is 12.3 Å². The summed E-state index contributed by atoms with van der Waals surface area (Å²) in [5.74, 6) is 1.19. The molecule has 0 aliphatic heterocycles. The fourth-order valence-electron chi connectivity index (χ4n) is 2.89. The molecule has 0 radical (unpaired) electrons. The Morgan fingerprint density at radius 3 is 3.12 bits per heavy atom. The van der Waals surface area contributed by atoms with E-state index < -0.39 is 6.16 Å². The van der Waals surface area contributed by atoms with E-state index in [1.165, 1.54) is 25.7 Å². The van der Waals surface area contributed by atoms with E-state index in [9.17, 15) is 4.79 Å². The molecule has 3 nitrogen and oxygen atoms in total. The molecule has 2 bridgehead atoms. The standard InChI is InChI=1S/C12H17IO3/c1-8(15-12(14)16-13)11-6-9-3-2-4-10(5-9)7-11/h6,8,10-11H,2-5,7H2,1H3. The van der Waals surface area contributed by atoms with Crippen molar-refractivity contribution in [3.05, 3.63) is 11.6 Å². The molecule has 0 spiro atoms. The summed E-state index contributed by atoms with van der Waals surface area (Å²) in [4.78, 5) is 11.0. The summed E-state index contributed by atoms with van der Waals surface area (Å²) in [6, 6.07) is 0. The Labute approximate surface area is 110 Å². The maximum Gasteiger partial charge on any atom is 0.518 e. The van der Waals surface area contributed by atoms with E-state index in [-0.39, 0.29) is 6.10 Å². The summed E-state index contributed by atoms with van der Waals surface area (Å²) < 4.78 is 9.68. The topological polar surface area (TPSA) is 35.5 Å². The molecule has 3 unspecified atom stereocenters. The number of halogens is 1. The SMILES string of the molecule is CC(OC(=O)OI)C1C=C2CCCC(C2)C1. The van der Waals surface area contributed by atoms with Crippen LogP contribution in [0.25, 0.3) is 0 Å². The first kappa shape index (κ1) is 12.2. The van der Waals surface area contributed by atoms with Gasteiger partial charge in [0.25, 0.3) is 0 Å². The van der Waals surface area contributed by atoms with Crippen LogP contribution in [0.15, 0.2) is 11.6 Å². The Morgan fingerprint density at radius 1 is 1.62 bits per heavy atom. The number of ether oxygens (including phenoxy) is 1. The molecule has 2 aliphatic rings. The molecule has 2 rings (SSSR count). The van der Waals surface area contributed by atoms with Crippen molar-refractivity contribution in [3.8, 4) is 0 Å². The van der Waals surface area contributed by atoms with E-state index in [1.807, 2.05) is 6.92 Å². The normalized spacial score (nSPS) is 30.2. The van der Waals surface area contributed by atoms with Crippen molar-refractivity contribution in [1.29, 1.82) is 0 Å². The molecule has 1 fully saturated rings. The van der Waals surface area contributed by atoms with Gasteiger partial charge >= 0.3 is 6.16 Å². The van der Waals surface area contributed by atoms with Gasteiger partial charge in [-0.25, -0.2) is 4.79 Å². The van der Waals surface area contributed by atoms with Gasteiger partial charge in [-0.2, -0.15) is 0 Å². The fourth-order valence-corrected chi connectivity index (χ4v) is 2.99. The number of hydrogen-bond acceptors (Lipinski definition) is 3. The van der Waals surface area contributed by atoms with Crippen molar-refractivity contribution in [3.63, 3.8) is 0 Å². The van der Waals surface area contributed by atoms with Gasteiger partial charge < -0.3 is 7.80 Å². The van der Waals surface area contributed by atoms with Crippen LogP contribution in [0.5, 0.6) is 0 Å².